The molecule has 0 unspecified atom stereocenters. The Bertz CT molecular complexity index is 625. The minimum Gasteiger partial charge on any atom is -0.486 e. The van der Waals surface area contributed by atoms with Gasteiger partial charge in [0.15, 0.2) is 11.6 Å². The van der Waals surface area contributed by atoms with Gasteiger partial charge in [-0.05, 0) is 35.4 Å². The van der Waals surface area contributed by atoms with Crippen molar-refractivity contribution < 1.29 is 22.3 Å². The predicted octanol–water partition coefficient (Wildman–Crippen LogP) is 5.32. The number of rotatable bonds is 4. The van der Waals surface area contributed by atoms with Crippen LogP contribution in [0.5, 0.6) is 5.75 Å². The van der Waals surface area contributed by atoms with Gasteiger partial charge >= 0.3 is 6.18 Å². The van der Waals surface area contributed by atoms with E-state index < -0.39 is 17.6 Å². The van der Waals surface area contributed by atoms with E-state index in [1.165, 1.54) is 24.3 Å². The molecule has 2 aromatic carbocycles. The summed E-state index contributed by atoms with van der Waals surface area (Å²) in [5, 5.41) is 0.512. The van der Waals surface area contributed by atoms with Crippen LogP contribution < -0.4 is 4.74 Å². The number of hydrogen-bond donors (Lipinski definition) is 0. The molecule has 0 atom stereocenters. The summed E-state index contributed by atoms with van der Waals surface area (Å²) in [6.07, 6.45) is -4.40. The first-order chi connectivity index (χ1) is 9.90. The van der Waals surface area contributed by atoms with Gasteiger partial charge in [0.2, 0.25) is 0 Å². The van der Waals surface area contributed by atoms with Gasteiger partial charge in [0, 0.05) is 5.33 Å². The van der Waals surface area contributed by atoms with Crippen LogP contribution in [0.1, 0.15) is 16.7 Å². The monoisotopic (exact) mass is 362 g/mol. The van der Waals surface area contributed by atoms with Crippen LogP contribution in [0.25, 0.3) is 0 Å². The summed E-state index contributed by atoms with van der Waals surface area (Å²) in [7, 11) is 0. The molecule has 0 bridgehead atoms. The summed E-state index contributed by atoms with van der Waals surface area (Å²) in [5.74, 6) is -0.531. The first kappa shape index (κ1) is 15.8. The summed E-state index contributed by atoms with van der Waals surface area (Å²) in [4.78, 5) is 0. The van der Waals surface area contributed by atoms with E-state index in [0.29, 0.717) is 10.9 Å². The van der Waals surface area contributed by atoms with Crippen LogP contribution >= 0.6 is 15.9 Å². The molecule has 0 aliphatic heterocycles. The Hall–Kier alpha value is -1.56. The summed E-state index contributed by atoms with van der Waals surface area (Å²) in [6.45, 7) is -0.130. The zero-order chi connectivity index (χ0) is 15.5. The SMILES string of the molecule is Fc1cc(CBr)ccc1OCc1cccc(C(F)(F)F)c1. The Labute approximate surface area is 127 Å². The highest BCUT2D eigenvalue weighted by Gasteiger charge is 2.30. The van der Waals surface area contributed by atoms with Gasteiger partial charge < -0.3 is 4.74 Å². The van der Waals surface area contributed by atoms with Crippen molar-refractivity contribution in [2.75, 3.05) is 0 Å². The van der Waals surface area contributed by atoms with Crippen LogP contribution in [0.2, 0.25) is 0 Å². The molecule has 0 aliphatic rings. The molecule has 0 saturated carbocycles. The fourth-order valence-corrected chi connectivity index (χ4v) is 2.09. The lowest BCUT2D eigenvalue weighted by molar-refractivity contribution is -0.137. The van der Waals surface area contributed by atoms with Crippen LogP contribution in [-0.2, 0) is 18.1 Å². The average molecular weight is 363 g/mol. The highest BCUT2D eigenvalue weighted by molar-refractivity contribution is 9.08. The van der Waals surface area contributed by atoms with Crippen molar-refractivity contribution in [2.45, 2.75) is 18.1 Å². The number of benzene rings is 2. The summed E-state index contributed by atoms with van der Waals surface area (Å²) in [5.41, 5.74) is 0.325. The lowest BCUT2D eigenvalue weighted by Crippen LogP contribution is -2.06. The third kappa shape index (κ3) is 4.20. The molecule has 0 radical (unpaired) electrons. The van der Waals surface area contributed by atoms with E-state index in [1.54, 1.807) is 6.07 Å². The van der Waals surface area contributed by atoms with Crippen molar-refractivity contribution in [3.05, 3.63) is 65.0 Å². The van der Waals surface area contributed by atoms with E-state index in [9.17, 15) is 17.6 Å². The normalized spacial score (nSPS) is 11.5. The quantitative estimate of drug-likeness (QED) is 0.528. The zero-order valence-electron chi connectivity index (χ0n) is 10.8. The molecule has 21 heavy (non-hydrogen) atoms. The first-order valence-electron chi connectivity index (χ1n) is 6.03. The third-order valence-electron chi connectivity index (χ3n) is 2.80. The van der Waals surface area contributed by atoms with E-state index in [1.807, 2.05) is 0 Å². The van der Waals surface area contributed by atoms with Gasteiger partial charge in [-0.15, -0.1) is 0 Å². The molecule has 0 aliphatic carbocycles. The maximum Gasteiger partial charge on any atom is 0.416 e. The van der Waals surface area contributed by atoms with E-state index >= 15 is 0 Å². The highest BCUT2D eigenvalue weighted by Crippen LogP contribution is 2.30. The van der Waals surface area contributed by atoms with E-state index in [0.717, 1.165) is 17.7 Å². The van der Waals surface area contributed by atoms with Gasteiger partial charge in [-0.25, -0.2) is 4.39 Å². The second-order valence-corrected chi connectivity index (χ2v) is 4.95. The molecule has 0 saturated heterocycles. The second-order valence-electron chi connectivity index (χ2n) is 4.39. The maximum atomic E-state index is 13.7. The summed E-state index contributed by atoms with van der Waals surface area (Å²) < 4.78 is 56.6. The van der Waals surface area contributed by atoms with E-state index in [-0.39, 0.29) is 12.4 Å². The van der Waals surface area contributed by atoms with Crippen molar-refractivity contribution >= 4 is 15.9 Å². The second kappa shape index (κ2) is 6.47. The lowest BCUT2D eigenvalue weighted by Gasteiger charge is -2.11. The van der Waals surface area contributed by atoms with Crippen molar-refractivity contribution in [1.29, 1.82) is 0 Å². The Morgan fingerprint density at radius 1 is 1.00 bits per heavy atom. The largest absolute Gasteiger partial charge is 0.486 e. The average Bonchev–Trinajstić information content (AvgIpc) is 2.45. The minimum atomic E-state index is -4.40. The molecular weight excluding hydrogens is 352 g/mol. The van der Waals surface area contributed by atoms with E-state index in [4.69, 9.17) is 4.74 Å². The molecule has 6 heteroatoms. The van der Waals surface area contributed by atoms with Gasteiger partial charge in [0.25, 0.3) is 0 Å². The van der Waals surface area contributed by atoms with Gasteiger partial charge in [-0.2, -0.15) is 13.2 Å². The van der Waals surface area contributed by atoms with Crippen LogP contribution in [0.3, 0.4) is 0 Å². The third-order valence-corrected chi connectivity index (χ3v) is 3.45. The van der Waals surface area contributed by atoms with Gasteiger partial charge in [-0.3, -0.25) is 0 Å². The van der Waals surface area contributed by atoms with Gasteiger partial charge in [0.05, 0.1) is 5.56 Å². The molecule has 0 fully saturated rings. The van der Waals surface area contributed by atoms with Crippen molar-refractivity contribution in [3.8, 4) is 5.75 Å². The van der Waals surface area contributed by atoms with Crippen molar-refractivity contribution in [3.63, 3.8) is 0 Å². The summed E-state index contributed by atoms with van der Waals surface area (Å²) >= 11 is 3.20. The topological polar surface area (TPSA) is 9.23 Å². The standard InChI is InChI=1S/C15H11BrF4O/c16-8-10-4-5-14(13(17)7-10)21-9-11-2-1-3-12(6-11)15(18,19)20/h1-7H,8-9H2. The number of halogens is 5. The zero-order valence-corrected chi connectivity index (χ0v) is 12.3. The Kier molecular flexibility index (Phi) is 4.88. The molecule has 2 rings (SSSR count). The number of hydrogen-bond acceptors (Lipinski definition) is 1. The number of ether oxygens (including phenoxy) is 1. The smallest absolute Gasteiger partial charge is 0.416 e. The predicted molar refractivity (Wildman–Crippen MR) is 74.8 cm³/mol. The molecule has 112 valence electrons. The van der Waals surface area contributed by atoms with E-state index in [2.05, 4.69) is 15.9 Å². The van der Waals surface area contributed by atoms with Crippen LogP contribution in [-0.4, -0.2) is 0 Å². The first-order valence-corrected chi connectivity index (χ1v) is 7.15. The van der Waals surface area contributed by atoms with Crippen LogP contribution in [0.15, 0.2) is 42.5 Å². The fourth-order valence-electron chi connectivity index (χ4n) is 1.74. The lowest BCUT2D eigenvalue weighted by atomic mass is 10.1. The molecule has 0 aromatic heterocycles. The maximum absolute atomic E-state index is 13.7. The fraction of sp³-hybridized carbons (Fsp3) is 0.200. The van der Waals surface area contributed by atoms with Gasteiger partial charge in [-0.1, -0.05) is 34.1 Å². The summed E-state index contributed by atoms with van der Waals surface area (Å²) in [6, 6.07) is 9.22. The minimum absolute atomic E-state index is 0.0112. The molecular formula is C15H11BrF4O. The molecule has 1 nitrogen and oxygen atoms in total. The molecule has 0 heterocycles. The van der Waals surface area contributed by atoms with Gasteiger partial charge in [0.1, 0.15) is 6.61 Å². The molecule has 0 N–H and O–H groups in total. The molecule has 2 aromatic rings. The highest BCUT2D eigenvalue weighted by atomic mass is 79.9. The Morgan fingerprint density at radius 2 is 1.76 bits per heavy atom. The Morgan fingerprint density at radius 3 is 2.38 bits per heavy atom. The van der Waals surface area contributed by atoms with Crippen molar-refractivity contribution in [1.82, 2.24) is 0 Å². The Balaban J connectivity index is 2.10. The van der Waals surface area contributed by atoms with Crippen LogP contribution in [0, 0.1) is 5.82 Å². The molecule has 0 spiro atoms. The van der Waals surface area contributed by atoms with Crippen molar-refractivity contribution in [2.24, 2.45) is 0 Å². The molecule has 0 amide bonds. The van der Waals surface area contributed by atoms with Crippen LogP contribution in [0.4, 0.5) is 17.6 Å². The number of alkyl halides is 4.